The lowest BCUT2D eigenvalue weighted by Crippen LogP contribution is -2.41. The van der Waals surface area contributed by atoms with Crippen LogP contribution in [0.1, 0.15) is 21.5 Å². The molecule has 2 N–H and O–H groups in total. The van der Waals surface area contributed by atoms with Crippen LogP contribution in [-0.4, -0.2) is 44.1 Å². The maximum absolute atomic E-state index is 13.5. The summed E-state index contributed by atoms with van der Waals surface area (Å²) in [7, 11) is 3.29. The number of benzene rings is 2. The maximum Gasteiger partial charge on any atom is 0.317 e. The van der Waals surface area contributed by atoms with Crippen molar-refractivity contribution >= 4 is 11.9 Å². The number of ether oxygens (including phenoxy) is 1. The van der Waals surface area contributed by atoms with E-state index in [1.165, 1.54) is 6.07 Å². The highest BCUT2D eigenvalue weighted by molar-refractivity contribution is 5.94. The Morgan fingerprint density at radius 2 is 1.74 bits per heavy atom. The average Bonchev–Trinajstić information content (AvgIpc) is 2.67. The van der Waals surface area contributed by atoms with Gasteiger partial charge in [-0.15, -0.1) is 0 Å². The lowest BCUT2D eigenvalue weighted by molar-refractivity contribution is 0.0953. The first kappa shape index (κ1) is 20.2. The van der Waals surface area contributed by atoms with Crippen LogP contribution in [0.25, 0.3) is 0 Å². The summed E-state index contributed by atoms with van der Waals surface area (Å²) in [6.45, 7) is 2.60. The molecular weight excluding hydrogens is 349 g/mol. The number of hydrogen-bond donors (Lipinski definition) is 2. The van der Waals surface area contributed by atoms with Crippen molar-refractivity contribution in [1.82, 2.24) is 15.5 Å². The van der Waals surface area contributed by atoms with E-state index in [-0.39, 0.29) is 30.6 Å². The predicted molar refractivity (Wildman–Crippen MR) is 101 cm³/mol. The lowest BCUT2D eigenvalue weighted by atomic mass is 10.1. The molecule has 0 unspecified atom stereocenters. The summed E-state index contributed by atoms with van der Waals surface area (Å²) in [4.78, 5) is 25.6. The van der Waals surface area contributed by atoms with Crippen LogP contribution in [0.5, 0.6) is 5.75 Å². The van der Waals surface area contributed by atoms with Gasteiger partial charge < -0.3 is 20.3 Å². The second-order valence-corrected chi connectivity index (χ2v) is 6.16. The van der Waals surface area contributed by atoms with Crippen LogP contribution in [0, 0.1) is 12.7 Å². The Balaban J connectivity index is 1.72. The fourth-order valence-corrected chi connectivity index (χ4v) is 2.39. The summed E-state index contributed by atoms with van der Waals surface area (Å²) in [6.07, 6.45) is 0. The molecule has 0 aliphatic carbocycles. The zero-order valence-electron chi connectivity index (χ0n) is 15.7. The molecule has 0 aliphatic heterocycles. The predicted octanol–water partition coefficient (Wildman–Crippen LogP) is 2.71. The topological polar surface area (TPSA) is 70.7 Å². The number of amides is 3. The number of carbonyl (C=O) groups is 2. The van der Waals surface area contributed by atoms with E-state index >= 15 is 0 Å². The van der Waals surface area contributed by atoms with Crippen molar-refractivity contribution in [3.8, 4) is 5.75 Å². The summed E-state index contributed by atoms with van der Waals surface area (Å²) < 4.78 is 18.6. The van der Waals surface area contributed by atoms with Crippen molar-refractivity contribution < 1.29 is 18.7 Å². The highest BCUT2D eigenvalue weighted by atomic mass is 19.1. The van der Waals surface area contributed by atoms with Crippen LogP contribution < -0.4 is 15.4 Å². The number of nitrogens with one attached hydrogen (secondary N) is 2. The van der Waals surface area contributed by atoms with E-state index in [9.17, 15) is 14.0 Å². The van der Waals surface area contributed by atoms with Crippen molar-refractivity contribution in [2.24, 2.45) is 0 Å². The lowest BCUT2D eigenvalue weighted by Gasteiger charge is -2.18. The standard InChI is InChI=1S/C20H24FN3O3/c1-14-4-7-16(12-18(14)21)19(25)22-10-11-23-20(26)24(2)13-15-5-8-17(27-3)9-6-15/h4-9,12H,10-11,13H2,1-3H3,(H,22,25)(H,23,26). The van der Waals surface area contributed by atoms with E-state index < -0.39 is 5.82 Å². The molecule has 0 spiro atoms. The van der Waals surface area contributed by atoms with Crippen LogP contribution >= 0.6 is 0 Å². The van der Waals surface area contributed by atoms with E-state index in [0.29, 0.717) is 12.1 Å². The number of nitrogens with zero attached hydrogens (tertiary/aromatic N) is 1. The quantitative estimate of drug-likeness (QED) is 0.733. The van der Waals surface area contributed by atoms with Gasteiger partial charge in [0.1, 0.15) is 11.6 Å². The summed E-state index contributed by atoms with van der Waals surface area (Å²) in [6, 6.07) is 11.5. The highest BCUT2D eigenvalue weighted by Gasteiger charge is 2.10. The van der Waals surface area contributed by atoms with Gasteiger partial charge in [-0.3, -0.25) is 4.79 Å². The zero-order valence-corrected chi connectivity index (χ0v) is 15.7. The van der Waals surface area contributed by atoms with Gasteiger partial charge in [-0.1, -0.05) is 18.2 Å². The smallest absolute Gasteiger partial charge is 0.317 e. The van der Waals surface area contributed by atoms with E-state index in [1.807, 2.05) is 24.3 Å². The van der Waals surface area contributed by atoms with Crippen molar-refractivity contribution in [2.75, 3.05) is 27.2 Å². The van der Waals surface area contributed by atoms with Gasteiger partial charge in [-0.2, -0.15) is 0 Å². The molecule has 0 bridgehead atoms. The molecule has 0 heterocycles. The molecule has 0 fully saturated rings. The number of methoxy groups -OCH3 is 1. The largest absolute Gasteiger partial charge is 0.497 e. The molecule has 2 rings (SSSR count). The van der Waals surface area contributed by atoms with Crippen LogP contribution in [0.3, 0.4) is 0 Å². The Morgan fingerprint density at radius 3 is 2.37 bits per heavy atom. The van der Waals surface area contributed by atoms with Crippen molar-refractivity contribution in [3.05, 3.63) is 65.0 Å². The maximum atomic E-state index is 13.5. The van der Waals surface area contributed by atoms with Gasteiger partial charge in [-0.05, 0) is 42.3 Å². The highest BCUT2D eigenvalue weighted by Crippen LogP contribution is 2.12. The molecule has 144 valence electrons. The van der Waals surface area contributed by atoms with E-state index in [4.69, 9.17) is 4.74 Å². The molecule has 2 aromatic rings. The Kier molecular flexibility index (Phi) is 7.16. The van der Waals surface area contributed by atoms with Crippen LogP contribution in [0.15, 0.2) is 42.5 Å². The molecule has 0 atom stereocenters. The summed E-state index contributed by atoms with van der Waals surface area (Å²) in [5, 5.41) is 5.38. The number of carbonyl (C=O) groups excluding carboxylic acids is 2. The minimum absolute atomic E-state index is 0.246. The van der Waals surface area contributed by atoms with Crippen LogP contribution in [0.2, 0.25) is 0 Å². The second kappa shape index (κ2) is 9.56. The monoisotopic (exact) mass is 373 g/mol. The Morgan fingerprint density at radius 1 is 1.07 bits per heavy atom. The second-order valence-electron chi connectivity index (χ2n) is 6.16. The van der Waals surface area contributed by atoms with E-state index in [0.717, 1.165) is 11.3 Å². The Labute approximate surface area is 158 Å². The first-order valence-electron chi connectivity index (χ1n) is 8.57. The van der Waals surface area contributed by atoms with Gasteiger partial charge in [0.15, 0.2) is 0 Å². The molecule has 0 saturated carbocycles. The number of urea groups is 1. The fourth-order valence-electron chi connectivity index (χ4n) is 2.39. The summed E-state index contributed by atoms with van der Waals surface area (Å²) in [5.74, 6) is -0.0408. The van der Waals surface area contributed by atoms with Gasteiger partial charge in [0.25, 0.3) is 5.91 Å². The minimum atomic E-state index is -0.420. The Bertz CT molecular complexity index is 794. The van der Waals surface area contributed by atoms with Gasteiger partial charge in [0, 0.05) is 32.2 Å². The number of hydrogen-bond acceptors (Lipinski definition) is 3. The van der Waals surface area contributed by atoms with E-state index in [2.05, 4.69) is 10.6 Å². The summed E-state index contributed by atoms with van der Waals surface area (Å²) in [5.41, 5.74) is 1.71. The van der Waals surface area contributed by atoms with Gasteiger partial charge in [-0.25, -0.2) is 9.18 Å². The molecule has 0 radical (unpaired) electrons. The van der Waals surface area contributed by atoms with Crippen LogP contribution in [0.4, 0.5) is 9.18 Å². The average molecular weight is 373 g/mol. The Hall–Kier alpha value is -3.09. The molecule has 3 amide bonds. The van der Waals surface area contributed by atoms with Gasteiger partial charge in [0.2, 0.25) is 0 Å². The number of rotatable bonds is 7. The summed E-state index contributed by atoms with van der Waals surface area (Å²) >= 11 is 0. The first-order chi connectivity index (χ1) is 12.9. The number of halogens is 1. The van der Waals surface area contributed by atoms with Crippen molar-refractivity contribution in [2.45, 2.75) is 13.5 Å². The fraction of sp³-hybridized carbons (Fsp3) is 0.300. The van der Waals surface area contributed by atoms with Gasteiger partial charge >= 0.3 is 6.03 Å². The molecule has 0 aromatic heterocycles. The molecule has 7 heteroatoms. The molecule has 2 aromatic carbocycles. The minimum Gasteiger partial charge on any atom is -0.497 e. The first-order valence-corrected chi connectivity index (χ1v) is 8.57. The third kappa shape index (κ3) is 5.99. The zero-order chi connectivity index (χ0) is 19.8. The van der Waals surface area contributed by atoms with E-state index in [1.54, 1.807) is 38.1 Å². The molecule has 0 saturated heterocycles. The van der Waals surface area contributed by atoms with Crippen LogP contribution in [-0.2, 0) is 6.54 Å². The SMILES string of the molecule is COc1ccc(CN(C)C(=O)NCCNC(=O)c2ccc(C)c(F)c2)cc1. The van der Waals surface area contributed by atoms with Gasteiger partial charge in [0.05, 0.1) is 7.11 Å². The molecular formula is C20H24FN3O3. The molecule has 27 heavy (non-hydrogen) atoms. The third-order valence-corrected chi connectivity index (χ3v) is 4.05. The third-order valence-electron chi connectivity index (χ3n) is 4.05. The van der Waals surface area contributed by atoms with Crippen molar-refractivity contribution in [1.29, 1.82) is 0 Å². The van der Waals surface area contributed by atoms with Crippen molar-refractivity contribution in [3.63, 3.8) is 0 Å². The molecule has 6 nitrogen and oxygen atoms in total. The molecule has 0 aliphatic rings. The normalized spacial score (nSPS) is 10.2. The number of aryl methyl sites for hydroxylation is 1.